The van der Waals surface area contributed by atoms with Crippen LogP contribution in [-0.4, -0.2) is 33.6 Å². The number of rotatable bonds is 4. The van der Waals surface area contributed by atoms with Crippen molar-refractivity contribution in [3.8, 4) is 11.3 Å². The van der Waals surface area contributed by atoms with E-state index in [1.165, 1.54) is 17.2 Å². The molecule has 2 aromatic heterocycles. The van der Waals surface area contributed by atoms with E-state index in [0.717, 1.165) is 28.4 Å². The van der Waals surface area contributed by atoms with Gasteiger partial charge in [0.1, 0.15) is 11.6 Å². The lowest BCUT2D eigenvalue weighted by Crippen LogP contribution is -2.39. The number of aromatic nitrogens is 3. The number of fused-ring (bicyclic) bond motifs is 1. The van der Waals surface area contributed by atoms with Gasteiger partial charge in [0.25, 0.3) is 0 Å². The molecule has 1 aliphatic rings. The van der Waals surface area contributed by atoms with E-state index in [4.69, 9.17) is 10.1 Å². The lowest BCUT2D eigenvalue weighted by molar-refractivity contribution is -0.120. The van der Waals surface area contributed by atoms with Crippen molar-refractivity contribution in [1.29, 1.82) is 0 Å². The third-order valence-corrected chi connectivity index (χ3v) is 6.38. The summed E-state index contributed by atoms with van der Waals surface area (Å²) in [7, 11) is 0. The Morgan fingerprint density at radius 1 is 1.00 bits per heavy atom. The molecule has 0 radical (unpaired) electrons. The Morgan fingerprint density at radius 2 is 1.71 bits per heavy atom. The summed E-state index contributed by atoms with van der Waals surface area (Å²) in [4.78, 5) is 19.7. The quantitative estimate of drug-likeness (QED) is 0.451. The number of amides is 1. The third-order valence-electron chi connectivity index (χ3n) is 6.38. The molecule has 6 nitrogen and oxygen atoms in total. The van der Waals surface area contributed by atoms with Crippen LogP contribution >= 0.6 is 0 Å². The minimum atomic E-state index is -0.416. The van der Waals surface area contributed by atoms with Crippen molar-refractivity contribution < 1.29 is 9.18 Å². The number of piperidine rings is 1. The van der Waals surface area contributed by atoms with Gasteiger partial charge >= 0.3 is 0 Å². The van der Waals surface area contributed by atoms with Gasteiger partial charge in [0, 0.05) is 42.4 Å². The fourth-order valence-corrected chi connectivity index (χ4v) is 4.74. The van der Waals surface area contributed by atoms with Crippen LogP contribution in [0, 0.1) is 32.5 Å². The highest BCUT2D eigenvalue weighted by atomic mass is 19.1. The van der Waals surface area contributed by atoms with Crippen molar-refractivity contribution in [1.82, 2.24) is 14.6 Å². The Labute approximate surface area is 198 Å². The van der Waals surface area contributed by atoms with Gasteiger partial charge in [-0.3, -0.25) is 4.79 Å². The van der Waals surface area contributed by atoms with Crippen molar-refractivity contribution in [2.24, 2.45) is 5.92 Å². The van der Waals surface area contributed by atoms with Crippen LogP contribution in [0.3, 0.4) is 0 Å². The zero-order valence-electron chi connectivity index (χ0n) is 19.7. The zero-order chi connectivity index (χ0) is 23.8. The number of carbonyl (C=O) groups is 1. The number of nitrogens with one attached hydrogen (secondary N) is 1. The molecule has 7 heteroatoms. The van der Waals surface area contributed by atoms with Gasteiger partial charge in [0.2, 0.25) is 5.91 Å². The number of halogens is 1. The number of aryl methyl sites for hydroxylation is 3. The first-order chi connectivity index (χ1) is 16.4. The number of nitrogens with zero attached hydrogens (tertiary/aromatic N) is 4. The van der Waals surface area contributed by atoms with Gasteiger partial charge in [-0.05, 0) is 57.9 Å². The van der Waals surface area contributed by atoms with E-state index in [1.807, 2.05) is 23.6 Å². The van der Waals surface area contributed by atoms with Gasteiger partial charge in [-0.2, -0.15) is 9.61 Å². The van der Waals surface area contributed by atoms with Gasteiger partial charge in [-0.15, -0.1) is 0 Å². The van der Waals surface area contributed by atoms with Crippen molar-refractivity contribution in [2.75, 3.05) is 23.3 Å². The molecule has 0 aliphatic carbocycles. The van der Waals surface area contributed by atoms with E-state index in [1.54, 1.807) is 18.2 Å². The summed E-state index contributed by atoms with van der Waals surface area (Å²) in [5.41, 5.74) is 6.34. The lowest BCUT2D eigenvalue weighted by atomic mass is 9.95. The minimum absolute atomic E-state index is 0.128. The Balaban J connectivity index is 1.36. The average molecular weight is 458 g/mol. The molecule has 0 unspecified atom stereocenters. The molecule has 4 aromatic rings. The first-order valence-electron chi connectivity index (χ1n) is 11.6. The number of anilines is 2. The molecular formula is C27H28FN5O. The van der Waals surface area contributed by atoms with Crippen molar-refractivity contribution >= 4 is 23.1 Å². The van der Waals surface area contributed by atoms with E-state index in [9.17, 15) is 9.18 Å². The van der Waals surface area contributed by atoms with E-state index in [0.29, 0.717) is 25.9 Å². The summed E-state index contributed by atoms with van der Waals surface area (Å²) in [6.45, 7) is 7.60. The number of hydrogen-bond donors (Lipinski definition) is 1. The number of hydrogen-bond acceptors (Lipinski definition) is 4. The van der Waals surface area contributed by atoms with Crippen LogP contribution in [0.25, 0.3) is 16.9 Å². The van der Waals surface area contributed by atoms with Gasteiger partial charge < -0.3 is 10.2 Å². The van der Waals surface area contributed by atoms with Gasteiger partial charge in [0.05, 0.1) is 11.4 Å². The molecule has 5 rings (SSSR count). The first kappa shape index (κ1) is 22.1. The van der Waals surface area contributed by atoms with E-state index in [2.05, 4.69) is 42.3 Å². The summed E-state index contributed by atoms with van der Waals surface area (Å²) in [5, 5.41) is 7.64. The van der Waals surface area contributed by atoms with Crippen LogP contribution in [0.2, 0.25) is 0 Å². The molecule has 0 atom stereocenters. The molecule has 174 valence electrons. The normalized spacial score (nSPS) is 14.5. The summed E-state index contributed by atoms with van der Waals surface area (Å²) in [6, 6.07) is 16.8. The molecular weight excluding hydrogens is 429 g/mol. The number of benzene rings is 2. The summed E-state index contributed by atoms with van der Waals surface area (Å²) in [6.07, 6.45) is 1.38. The van der Waals surface area contributed by atoms with Crippen LogP contribution < -0.4 is 10.2 Å². The molecule has 34 heavy (non-hydrogen) atoms. The Kier molecular flexibility index (Phi) is 5.77. The van der Waals surface area contributed by atoms with Crippen LogP contribution in [-0.2, 0) is 4.79 Å². The van der Waals surface area contributed by atoms with Gasteiger partial charge in [0.15, 0.2) is 5.65 Å². The van der Waals surface area contributed by atoms with Crippen LogP contribution in [0.4, 0.5) is 15.9 Å². The highest BCUT2D eigenvalue weighted by molar-refractivity contribution is 5.92. The molecule has 1 aliphatic heterocycles. The molecule has 1 amide bonds. The largest absolute Gasteiger partial charge is 0.356 e. The number of carbonyl (C=O) groups excluding carboxylic acids is 1. The maximum Gasteiger partial charge on any atom is 0.227 e. The maximum absolute atomic E-state index is 13.9. The monoisotopic (exact) mass is 457 g/mol. The second-order valence-electron chi connectivity index (χ2n) is 9.16. The lowest BCUT2D eigenvalue weighted by Gasteiger charge is -2.33. The summed E-state index contributed by atoms with van der Waals surface area (Å²) >= 11 is 0. The molecule has 0 spiro atoms. The fourth-order valence-electron chi connectivity index (χ4n) is 4.74. The first-order valence-corrected chi connectivity index (χ1v) is 11.6. The molecule has 1 fully saturated rings. The summed E-state index contributed by atoms with van der Waals surface area (Å²) in [5.74, 6) is 0.280. The maximum atomic E-state index is 13.9. The standard InChI is InChI=1S/C27H28FN5O/c1-17-12-18(2)14-21(13-17)24-16-25-29-19(3)15-26(33(25)31-24)32-10-8-20(9-11-32)27(34)30-23-7-5-4-6-22(23)28/h4-7,12-16,20H,8-11H2,1-3H3,(H,30,34). The molecule has 2 aromatic carbocycles. The van der Waals surface area contributed by atoms with Crippen LogP contribution in [0.5, 0.6) is 0 Å². The Hall–Kier alpha value is -3.74. The Bertz CT molecular complexity index is 1350. The highest BCUT2D eigenvalue weighted by Crippen LogP contribution is 2.28. The second kappa shape index (κ2) is 8.89. The van der Waals surface area contributed by atoms with E-state index < -0.39 is 5.82 Å². The SMILES string of the molecule is Cc1cc(C)cc(-c2cc3nc(C)cc(N4CCC(C(=O)Nc5ccccc5F)CC4)n3n2)c1. The predicted octanol–water partition coefficient (Wildman–Crippen LogP) is 5.32. The molecule has 1 N–H and O–H groups in total. The van der Waals surface area contributed by atoms with E-state index in [-0.39, 0.29) is 17.5 Å². The fraction of sp³-hybridized carbons (Fsp3) is 0.296. The zero-order valence-corrected chi connectivity index (χ0v) is 19.7. The molecule has 0 saturated carbocycles. The van der Waals surface area contributed by atoms with Gasteiger partial charge in [-0.25, -0.2) is 9.37 Å². The molecule has 3 heterocycles. The molecule has 0 bridgehead atoms. The number of para-hydroxylation sites is 1. The summed E-state index contributed by atoms with van der Waals surface area (Å²) < 4.78 is 15.8. The smallest absolute Gasteiger partial charge is 0.227 e. The van der Waals surface area contributed by atoms with Gasteiger partial charge in [-0.1, -0.05) is 29.3 Å². The highest BCUT2D eigenvalue weighted by Gasteiger charge is 2.27. The average Bonchev–Trinajstić information content (AvgIpc) is 3.23. The van der Waals surface area contributed by atoms with Crippen molar-refractivity contribution in [3.05, 3.63) is 77.2 Å². The molecule has 1 saturated heterocycles. The van der Waals surface area contributed by atoms with Crippen LogP contribution in [0.15, 0.2) is 54.6 Å². The van der Waals surface area contributed by atoms with Crippen molar-refractivity contribution in [3.63, 3.8) is 0 Å². The van der Waals surface area contributed by atoms with E-state index >= 15 is 0 Å². The second-order valence-corrected chi connectivity index (χ2v) is 9.16. The van der Waals surface area contributed by atoms with Crippen molar-refractivity contribution in [2.45, 2.75) is 33.6 Å². The Morgan fingerprint density at radius 3 is 2.41 bits per heavy atom. The predicted molar refractivity (Wildman–Crippen MR) is 133 cm³/mol. The third kappa shape index (κ3) is 4.38. The van der Waals surface area contributed by atoms with Crippen LogP contribution in [0.1, 0.15) is 29.7 Å². The minimum Gasteiger partial charge on any atom is -0.356 e. The topological polar surface area (TPSA) is 62.5 Å².